The first-order chi connectivity index (χ1) is 8.13. The third-order valence-electron chi connectivity index (χ3n) is 2.48. The smallest absolute Gasteiger partial charge is 0.426 e. The van der Waals surface area contributed by atoms with E-state index in [1.54, 1.807) is 0 Å². The van der Waals surface area contributed by atoms with Gasteiger partial charge in [-0.25, -0.2) is 0 Å². The highest BCUT2D eigenvalue weighted by atomic mass is 16.4. The van der Waals surface area contributed by atoms with E-state index in [2.05, 4.69) is 5.32 Å². The predicted octanol–water partition coefficient (Wildman–Crippen LogP) is 0.526. The highest BCUT2D eigenvalue weighted by Crippen LogP contribution is 2.04. The Morgan fingerprint density at radius 3 is 2.53 bits per heavy atom. The number of benzene rings is 1. The average molecular weight is 235 g/mol. The van der Waals surface area contributed by atoms with Crippen LogP contribution in [0.1, 0.15) is 25.3 Å². The van der Waals surface area contributed by atoms with Crippen LogP contribution in [0.4, 0.5) is 0 Å². The van der Waals surface area contributed by atoms with Crippen LogP contribution in [0.25, 0.3) is 0 Å². The van der Waals surface area contributed by atoms with Crippen molar-refractivity contribution in [2.45, 2.75) is 32.1 Å². The van der Waals surface area contributed by atoms with Gasteiger partial charge in [0.25, 0.3) is 0 Å². The van der Waals surface area contributed by atoms with E-state index in [1.807, 2.05) is 37.3 Å². The second-order valence-electron chi connectivity index (χ2n) is 4.03. The van der Waals surface area contributed by atoms with Crippen molar-refractivity contribution in [2.75, 3.05) is 0 Å². The molecular weight excluding hydrogens is 217 g/mol. The molecule has 0 heterocycles. The van der Waals surface area contributed by atoms with Gasteiger partial charge in [-0.3, -0.25) is 4.79 Å². The van der Waals surface area contributed by atoms with Gasteiger partial charge >= 0.3 is 7.12 Å². The van der Waals surface area contributed by atoms with Crippen molar-refractivity contribution < 1.29 is 14.8 Å². The summed E-state index contributed by atoms with van der Waals surface area (Å²) >= 11 is 0. The van der Waals surface area contributed by atoms with Gasteiger partial charge < -0.3 is 15.4 Å². The molecule has 0 bridgehead atoms. The maximum Gasteiger partial charge on any atom is 0.475 e. The first kappa shape index (κ1) is 13.7. The Labute approximate surface area is 102 Å². The molecule has 5 heteroatoms. The summed E-state index contributed by atoms with van der Waals surface area (Å²) in [5.41, 5.74) is 0.961. The van der Waals surface area contributed by atoms with Gasteiger partial charge in [0.2, 0.25) is 5.91 Å². The van der Waals surface area contributed by atoms with Gasteiger partial charge in [0.1, 0.15) is 0 Å². The summed E-state index contributed by atoms with van der Waals surface area (Å²) in [5.74, 6) is -0.807. The van der Waals surface area contributed by atoms with Crippen LogP contribution < -0.4 is 5.32 Å². The lowest BCUT2D eigenvalue weighted by Gasteiger charge is -2.17. The minimum absolute atomic E-state index is 0.151. The minimum atomic E-state index is -1.55. The van der Waals surface area contributed by atoms with E-state index in [-0.39, 0.29) is 5.91 Å². The van der Waals surface area contributed by atoms with Gasteiger partial charge in [-0.05, 0) is 18.4 Å². The van der Waals surface area contributed by atoms with Gasteiger partial charge in [0.05, 0.1) is 5.94 Å². The third kappa shape index (κ3) is 5.02. The number of hydrogen-bond acceptors (Lipinski definition) is 3. The molecule has 17 heavy (non-hydrogen) atoms. The van der Waals surface area contributed by atoms with Gasteiger partial charge in [-0.1, -0.05) is 37.3 Å². The fraction of sp³-hybridized carbons (Fsp3) is 0.417. The zero-order chi connectivity index (χ0) is 12.7. The zero-order valence-electron chi connectivity index (χ0n) is 9.97. The number of rotatable bonds is 6. The van der Waals surface area contributed by atoms with E-state index in [1.165, 1.54) is 0 Å². The number of carbonyl (C=O) groups is 1. The predicted molar refractivity (Wildman–Crippen MR) is 67.2 cm³/mol. The molecule has 0 fully saturated rings. The van der Waals surface area contributed by atoms with Crippen LogP contribution in [0.3, 0.4) is 0 Å². The Bertz CT molecular complexity index is 343. The number of hydrogen-bond donors (Lipinski definition) is 3. The van der Waals surface area contributed by atoms with E-state index in [0.29, 0.717) is 12.8 Å². The van der Waals surface area contributed by atoms with Crippen LogP contribution in [0.2, 0.25) is 0 Å². The van der Waals surface area contributed by atoms with Crippen LogP contribution in [-0.2, 0) is 11.2 Å². The second kappa shape index (κ2) is 7.09. The molecule has 0 unspecified atom stereocenters. The molecule has 1 aromatic rings. The van der Waals surface area contributed by atoms with Crippen LogP contribution in [0.15, 0.2) is 30.3 Å². The van der Waals surface area contributed by atoms with Gasteiger partial charge in [-0.15, -0.1) is 0 Å². The van der Waals surface area contributed by atoms with Crippen LogP contribution in [0, 0.1) is 0 Å². The van der Waals surface area contributed by atoms with E-state index in [9.17, 15) is 14.8 Å². The number of amides is 1. The van der Waals surface area contributed by atoms with E-state index >= 15 is 0 Å². The Hall–Kier alpha value is -1.33. The molecule has 0 aliphatic rings. The highest BCUT2D eigenvalue weighted by molar-refractivity contribution is 6.43. The van der Waals surface area contributed by atoms with Gasteiger partial charge in [0.15, 0.2) is 0 Å². The molecule has 1 aromatic carbocycles. The summed E-state index contributed by atoms with van der Waals surface area (Å²) < 4.78 is 0. The molecule has 0 radical (unpaired) electrons. The Morgan fingerprint density at radius 1 is 1.35 bits per heavy atom. The Kier molecular flexibility index (Phi) is 5.73. The van der Waals surface area contributed by atoms with Crippen molar-refractivity contribution in [3.05, 3.63) is 35.9 Å². The quantitative estimate of drug-likeness (QED) is 0.630. The summed E-state index contributed by atoms with van der Waals surface area (Å²) in [5, 5.41) is 21.1. The lowest BCUT2D eigenvalue weighted by molar-refractivity contribution is -0.121. The summed E-state index contributed by atoms with van der Waals surface area (Å²) in [7, 11) is -1.55. The van der Waals surface area contributed by atoms with Gasteiger partial charge in [-0.2, -0.15) is 0 Å². The molecule has 0 saturated heterocycles. The fourth-order valence-corrected chi connectivity index (χ4v) is 1.61. The first-order valence-corrected chi connectivity index (χ1v) is 5.83. The zero-order valence-corrected chi connectivity index (χ0v) is 9.97. The highest BCUT2D eigenvalue weighted by Gasteiger charge is 2.25. The fourth-order valence-electron chi connectivity index (χ4n) is 1.61. The van der Waals surface area contributed by atoms with Crippen molar-refractivity contribution >= 4 is 13.0 Å². The summed E-state index contributed by atoms with van der Waals surface area (Å²) in [6, 6.07) is 9.43. The van der Waals surface area contributed by atoms with E-state index in [0.717, 1.165) is 12.0 Å². The van der Waals surface area contributed by atoms with E-state index in [4.69, 9.17) is 0 Å². The maximum absolute atomic E-state index is 11.4. The Balaban J connectivity index is 2.58. The summed E-state index contributed by atoms with van der Waals surface area (Å²) in [6.45, 7) is 1.90. The summed E-state index contributed by atoms with van der Waals surface area (Å²) in [4.78, 5) is 11.4. The molecule has 1 atom stereocenters. The molecule has 1 rings (SSSR count). The van der Waals surface area contributed by atoms with Gasteiger partial charge in [0, 0.05) is 6.42 Å². The third-order valence-corrected chi connectivity index (χ3v) is 2.48. The van der Waals surface area contributed by atoms with Crippen molar-refractivity contribution in [3.8, 4) is 0 Å². The lowest BCUT2D eigenvalue weighted by atomic mass is 9.76. The van der Waals surface area contributed by atoms with Crippen molar-refractivity contribution in [2.24, 2.45) is 0 Å². The van der Waals surface area contributed by atoms with Crippen LogP contribution >= 0.6 is 0 Å². The van der Waals surface area contributed by atoms with Crippen LogP contribution in [0.5, 0.6) is 0 Å². The Morgan fingerprint density at radius 2 is 2.00 bits per heavy atom. The topological polar surface area (TPSA) is 69.6 Å². The second-order valence-corrected chi connectivity index (χ2v) is 4.03. The van der Waals surface area contributed by atoms with Crippen molar-refractivity contribution in [3.63, 3.8) is 0 Å². The molecule has 0 spiro atoms. The van der Waals surface area contributed by atoms with Crippen molar-refractivity contribution in [1.29, 1.82) is 0 Å². The molecule has 4 nitrogen and oxygen atoms in total. The molecule has 1 amide bonds. The number of nitrogens with one attached hydrogen (secondary N) is 1. The molecule has 0 saturated carbocycles. The standard InChI is InChI=1S/C12H18BNO3/c1-2-6-12(15)14-11(13(16)17)9-10-7-4-3-5-8-10/h3-5,7-8,11,16-17H,2,6,9H2,1H3,(H,14,15)/t11-/m0/s1. The summed E-state index contributed by atoms with van der Waals surface area (Å²) in [6.07, 6.45) is 1.55. The largest absolute Gasteiger partial charge is 0.475 e. The number of carbonyl (C=O) groups excluding carboxylic acids is 1. The molecule has 3 N–H and O–H groups in total. The molecular formula is C12H18BNO3. The van der Waals surface area contributed by atoms with E-state index < -0.39 is 13.1 Å². The molecule has 0 aromatic heterocycles. The molecule has 0 aliphatic heterocycles. The minimum Gasteiger partial charge on any atom is -0.426 e. The SMILES string of the molecule is CCCC(=O)N[C@@H](Cc1ccccc1)B(O)O. The molecule has 92 valence electrons. The maximum atomic E-state index is 11.4. The normalized spacial score (nSPS) is 11.9. The van der Waals surface area contributed by atoms with Crippen molar-refractivity contribution in [1.82, 2.24) is 5.32 Å². The van der Waals surface area contributed by atoms with Crippen LogP contribution in [-0.4, -0.2) is 29.0 Å². The molecule has 0 aliphatic carbocycles. The lowest BCUT2D eigenvalue weighted by Crippen LogP contribution is -2.47. The first-order valence-electron chi connectivity index (χ1n) is 5.83. The monoisotopic (exact) mass is 235 g/mol. The average Bonchev–Trinajstić information content (AvgIpc) is 2.29.